The zero-order valence-corrected chi connectivity index (χ0v) is 21.3. The molecule has 1 N–H and O–H groups in total. The van der Waals surface area contributed by atoms with Gasteiger partial charge < -0.3 is 19.5 Å². The van der Waals surface area contributed by atoms with E-state index in [1.165, 1.54) is 4.90 Å². The minimum atomic E-state index is -0.325. The van der Waals surface area contributed by atoms with E-state index in [0.29, 0.717) is 17.4 Å². The average Bonchev–Trinajstić information content (AvgIpc) is 3.39. The van der Waals surface area contributed by atoms with Crippen molar-refractivity contribution in [2.24, 2.45) is 0 Å². The van der Waals surface area contributed by atoms with Crippen molar-refractivity contribution in [2.75, 3.05) is 25.8 Å². The van der Waals surface area contributed by atoms with Crippen molar-refractivity contribution >= 4 is 23.4 Å². The van der Waals surface area contributed by atoms with Crippen LogP contribution in [0.15, 0.2) is 77.5 Å². The van der Waals surface area contributed by atoms with Crippen LogP contribution in [-0.2, 0) is 0 Å². The van der Waals surface area contributed by atoms with E-state index in [1.807, 2.05) is 28.9 Å². The maximum Gasteiger partial charge on any atom is 0.226 e. The van der Waals surface area contributed by atoms with Crippen molar-refractivity contribution in [3.63, 3.8) is 0 Å². The molecule has 2 aliphatic rings. The number of rotatable bonds is 5. The van der Waals surface area contributed by atoms with E-state index in [-0.39, 0.29) is 12.1 Å². The third-order valence-corrected chi connectivity index (χ3v) is 7.45. The molecule has 0 saturated carbocycles. The molecule has 0 fully saturated rings. The van der Waals surface area contributed by atoms with E-state index in [1.54, 1.807) is 32.3 Å². The highest BCUT2D eigenvalue weighted by molar-refractivity contribution is 7.98. The minimum Gasteiger partial charge on any atom is -0.493 e. The molecule has 0 unspecified atom stereocenters. The van der Waals surface area contributed by atoms with Crippen LogP contribution in [0.25, 0.3) is 5.70 Å². The molecule has 36 heavy (non-hydrogen) atoms. The van der Waals surface area contributed by atoms with Gasteiger partial charge in [-0.1, -0.05) is 29.8 Å². The van der Waals surface area contributed by atoms with E-state index in [9.17, 15) is 0 Å². The number of hydrogen-bond donors (Lipinski definition) is 1. The summed E-state index contributed by atoms with van der Waals surface area (Å²) in [6.45, 7) is 2.09. The van der Waals surface area contributed by atoms with Gasteiger partial charge in [0.15, 0.2) is 11.5 Å². The zero-order valence-electron chi connectivity index (χ0n) is 20.5. The van der Waals surface area contributed by atoms with E-state index in [0.717, 1.165) is 39.3 Å². The number of aromatic nitrogens is 3. The average molecular weight is 499 g/mol. The molecule has 0 aliphatic carbocycles. The Morgan fingerprint density at radius 3 is 2.47 bits per heavy atom. The molecule has 0 radical (unpaired) electrons. The number of methoxy groups -OCH3 is 2. The molecule has 182 valence electrons. The number of fused-ring (bicyclic) bond motifs is 3. The summed E-state index contributed by atoms with van der Waals surface area (Å²) >= 11 is 1.72. The Bertz CT molecular complexity index is 1480. The Morgan fingerprint density at radius 1 is 0.944 bits per heavy atom. The minimum absolute atomic E-state index is 0.266. The van der Waals surface area contributed by atoms with E-state index >= 15 is 0 Å². The number of thioether (sulfide) groups is 1. The molecular weight excluding hydrogens is 472 g/mol. The van der Waals surface area contributed by atoms with E-state index in [2.05, 4.69) is 65.0 Å². The normalized spacial score (nSPS) is 17.9. The monoisotopic (exact) mass is 498 g/mol. The van der Waals surface area contributed by atoms with Crippen LogP contribution >= 0.6 is 11.8 Å². The van der Waals surface area contributed by atoms with Crippen LogP contribution in [0.2, 0.25) is 0 Å². The number of benzene rings is 3. The predicted molar refractivity (Wildman–Crippen MR) is 141 cm³/mol. The highest BCUT2D eigenvalue weighted by Crippen LogP contribution is 2.51. The lowest BCUT2D eigenvalue weighted by molar-refractivity contribution is 0.223. The maximum absolute atomic E-state index is 6.74. The highest BCUT2D eigenvalue weighted by atomic mass is 32.2. The van der Waals surface area contributed by atoms with Crippen LogP contribution in [0.5, 0.6) is 17.2 Å². The molecule has 4 aromatic rings. The fourth-order valence-electron chi connectivity index (χ4n) is 4.98. The number of nitrogens with zero attached hydrogens (tertiary/aromatic N) is 3. The molecule has 8 heteroatoms. The Hall–Kier alpha value is -3.91. The molecule has 2 atom stereocenters. The number of anilines is 1. The first-order valence-corrected chi connectivity index (χ1v) is 12.9. The lowest BCUT2D eigenvalue weighted by Gasteiger charge is -2.39. The molecular formula is C28H26N4O3S. The zero-order chi connectivity index (χ0) is 24.8. The van der Waals surface area contributed by atoms with Gasteiger partial charge in [0.1, 0.15) is 24.2 Å². The van der Waals surface area contributed by atoms with Crippen LogP contribution in [-0.4, -0.2) is 35.2 Å². The second kappa shape index (κ2) is 8.95. The summed E-state index contributed by atoms with van der Waals surface area (Å²) in [5, 5.41) is 8.18. The first-order chi connectivity index (χ1) is 17.6. The summed E-state index contributed by atoms with van der Waals surface area (Å²) in [6, 6.07) is 20.5. The maximum atomic E-state index is 6.74. The Labute approximate surface area is 214 Å². The molecule has 3 aromatic carbocycles. The summed E-state index contributed by atoms with van der Waals surface area (Å²) in [5.41, 5.74) is 6.31. The van der Waals surface area contributed by atoms with Crippen LogP contribution < -0.4 is 19.5 Å². The van der Waals surface area contributed by atoms with Crippen molar-refractivity contribution in [1.29, 1.82) is 0 Å². The first kappa shape index (κ1) is 22.5. The van der Waals surface area contributed by atoms with E-state index in [4.69, 9.17) is 14.2 Å². The molecule has 6 rings (SSSR count). The summed E-state index contributed by atoms with van der Waals surface area (Å²) in [6.07, 6.45) is 3.33. The highest BCUT2D eigenvalue weighted by Gasteiger charge is 2.41. The summed E-state index contributed by atoms with van der Waals surface area (Å²) < 4.78 is 19.8. The summed E-state index contributed by atoms with van der Waals surface area (Å²) in [4.78, 5) is 5.73. The quantitative estimate of drug-likeness (QED) is 0.344. The summed E-state index contributed by atoms with van der Waals surface area (Å²) in [5.74, 6) is 2.85. The molecule has 3 heterocycles. The summed E-state index contributed by atoms with van der Waals surface area (Å²) in [7, 11) is 3.29. The fraction of sp³-hybridized carbons (Fsp3) is 0.214. The van der Waals surface area contributed by atoms with Gasteiger partial charge in [-0.15, -0.1) is 11.8 Å². The molecule has 7 nitrogen and oxygen atoms in total. The predicted octanol–water partition coefficient (Wildman–Crippen LogP) is 5.89. The number of aryl methyl sites for hydroxylation is 1. The lowest BCUT2D eigenvalue weighted by Crippen LogP contribution is -2.32. The van der Waals surface area contributed by atoms with Gasteiger partial charge in [0.05, 0.1) is 19.9 Å². The third-order valence-electron chi connectivity index (χ3n) is 6.71. The van der Waals surface area contributed by atoms with Gasteiger partial charge in [-0.25, -0.2) is 4.68 Å². The van der Waals surface area contributed by atoms with Gasteiger partial charge in [-0.3, -0.25) is 0 Å². The van der Waals surface area contributed by atoms with Crippen molar-refractivity contribution < 1.29 is 14.2 Å². The van der Waals surface area contributed by atoms with Gasteiger partial charge in [0, 0.05) is 16.0 Å². The fourth-order valence-corrected chi connectivity index (χ4v) is 5.39. The molecule has 0 amide bonds. The lowest BCUT2D eigenvalue weighted by atomic mass is 9.84. The van der Waals surface area contributed by atoms with Gasteiger partial charge >= 0.3 is 0 Å². The number of nitrogens with one attached hydrogen (secondary N) is 1. The molecule has 0 saturated heterocycles. The van der Waals surface area contributed by atoms with Crippen molar-refractivity contribution in [3.05, 3.63) is 94.8 Å². The van der Waals surface area contributed by atoms with Gasteiger partial charge in [-0.2, -0.15) is 10.1 Å². The van der Waals surface area contributed by atoms with E-state index < -0.39 is 0 Å². The number of ether oxygens (including phenoxy) is 3. The van der Waals surface area contributed by atoms with Crippen LogP contribution in [0, 0.1) is 6.92 Å². The smallest absolute Gasteiger partial charge is 0.226 e. The molecule has 0 spiro atoms. The van der Waals surface area contributed by atoms with Gasteiger partial charge in [0.25, 0.3) is 0 Å². The Kier molecular flexibility index (Phi) is 5.60. The van der Waals surface area contributed by atoms with Crippen LogP contribution in [0.1, 0.15) is 34.4 Å². The molecule has 1 aromatic heterocycles. The standard InChI is InChI=1S/C28H26N4O3S/c1-16-5-11-21-20(13-16)25-24(27(35-21)17-6-9-19(36-4)10-7-17)26(32-28(31-25)29-15-30-32)18-8-12-22(33-2)23(14-18)34-3/h5-15,26-27H,1-4H3,(H,29,30,31)/t26-,27+/m1/s1. The van der Waals surface area contributed by atoms with Crippen LogP contribution in [0.3, 0.4) is 0 Å². The van der Waals surface area contributed by atoms with Crippen molar-refractivity contribution in [3.8, 4) is 17.2 Å². The Balaban J connectivity index is 1.60. The first-order valence-electron chi connectivity index (χ1n) is 11.7. The second-order valence-corrected chi connectivity index (χ2v) is 9.65. The Morgan fingerprint density at radius 2 is 1.72 bits per heavy atom. The third kappa shape index (κ3) is 3.60. The molecule has 0 bridgehead atoms. The van der Waals surface area contributed by atoms with Crippen molar-refractivity contribution in [1.82, 2.24) is 14.8 Å². The second-order valence-electron chi connectivity index (χ2n) is 8.77. The molecule has 2 aliphatic heterocycles. The van der Waals surface area contributed by atoms with Crippen molar-refractivity contribution in [2.45, 2.75) is 24.0 Å². The van der Waals surface area contributed by atoms with Gasteiger partial charge in [-0.05, 0) is 60.7 Å². The largest absolute Gasteiger partial charge is 0.493 e. The van der Waals surface area contributed by atoms with Crippen LogP contribution in [0.4, 0.5) is 5.95 Å². The number of hydrogen-bond acceptors (Lipinski definition) is 7. The topological polar surface area (TPSA) is 70.4 Å². The van der Waals surface area contributed by atoms with Gasteiger partial charge in [0.2, 0.25) is 5.95 Å². The SMILES string of the molecule is COc1ccc([C@@H]2C3=C(Nc4ncnn42)c2cc(C)ccc2O[C@H]3c2ccc(SC)cc2)cc1OC.